The lowest BCUT2D eigenvalue weighted by molar-refractivity contribution is -0.612. The minimum atomic E-state index is -0.0254. The van der Waals surface area contributed by atoms with Crippen molar-refractivity contribution >= 4 is 22.9 Å². The molecule has 218 valence electrons. The molecule has 1 aromatic carbocycles. The lowest BCUT2D eigenvalue weighted by Crippen LogP contribution is -2.58. The Labute approximate surface area is 245 Å². The number of thiazole rings is 1. The molecular formula is C31H39N5O4S. The first kappa shape index (κ1) is 27.8. The molecule has 3 aromatic rings. The maximum absolute atomic E-state index is 13.4. The average Bonchev–Trinajstić information content (AvgIpc) is 3.62. The molecule has 0 spiro atoms. The van der Waals surface area contributed by atoms with Gasteiger partial charge < -0.3 is 24.5 Å². The second-order valence-electron chi connectivity index (χ2n) is 11.8. The quantitative estimate of drug-likeness (QED) is 0.313. The number of amides is 1. The molecule has 2 aromatic heterocycles. The second-order valence-corrected chi connectivity index (χ2v) is 12.9. The van der Waals surface area contributed by atoms with Crippen LogP contribution in [0.25, 0.3) is 0 Å². The number of carbonyl (C=O) groups excluding carboxylic acids is 1. The summed E-state index contributed by atoms with van der Waals surface area (Å²) in [4.78, 5) is 25.2. The van der Waals surface area contributed by atoms with Crippen LogP contribution in [0.15, 0.2) is 35.8 Å². The molecule has 0 atom stereocenters. The first-order valence-electron chi connectivity index (χ1n) is 14.5. The number of rotatable bonds is 6. The van der Waals surface area contributed by atoms with Gasteiger partial charge in [-0.1, -0.05) is 0 Å². The van der Waals surface area contributed by atoms with Crippen molar-refractivity contribution in [1.29, 1.82) is 0 Å². The largest absolute Gasteiger partial charge is 0.618 e. The van der Waals surface area contributed by atoms with Crippen LogP contribution >= 0.6 is 11.3 Å². The minimum Gasteiger partial charge on any atom is -0.618 e. The maximum atomic E-state index is 13.4. The molecule has 0 radical (unpaired) electrons. The predicted molar refractivity (Wildman–Crippen MR) is 159 cm³/mol. The summed E-state index contributed by atoms with van der Waals surface area (Å²) < 4.78 is 12.0. The number of hydrogen-bond donors (Lipinski definition) is 0. The Morgan fingerprint density at radius 2 is 1.85 bits per heavy atom. The molecule has 9 nitrogen and oxygen atoms in total. The highest BCUT2D eigenvalue weighted by Crippen LogP contribution is 2.39. The van der Waals surface area contributed by atoms with Crippen LogP contribution in [-0.2, 0) is 6.54 Å². The van der Waals surface area contributed by atoms with Crippen LogP contribution in [0.2, 0.25) is 0 Å². The number of aromatic nitrogens is 2. The Hall–Kier alpha value is -3.37. The first-order chi connectivity index (χ1) is 19.7. The van der Waals surface area contributed by atoms with E-state index >= 15 is 0 Å². The molecule has 2 fully saturated rings. The van der Waals surface area contributed by atoms with E-state index < -0.39 is 0 Å². The van der Waals surface area contributed by atoms with E-state index in [1.807, 2.05) is 17.9 Å². The third-order valence-corrected chi connectivity index (χ3v) is 10.1. The molecule has 0 N–H and O–H groups in total. The number of nitrogens with zero attached hydrogens (tertiary/aromatic N) is 5. The Morgan fingerprint density at radius 3 is 2.56 bits per heavy atom. The monoisotopic (exact) mass is 577 g/mol. The Bertz CT molecular complexity index is 1430. The molecule has 0 aliphatic carbocycles. The molecule has 0 unspecified atom stereocenters. The number of hydrogen-bond acceptors (Lipinski definition) is 8. The first-order valence-corrected chi connectivity index (χ1v) is 15.4. The van der Waals surface area contributed by atoms with Crippen LogP contribution in [0.1, 0.15) is 64.9 Å². The number of piperidine rings is 2. The number of carbonyl (C=O) groups is 1. The Morgan fingerprint density at radius 1 is 1.12 bits per heavy atom. The van der Waals surface area contributed by atoms with E-state index in [-0.39, 0.29) is 18.2 Å². The van der Waals surface area contributed by atoms with Gasteiger partial charge in [0.05, 0.1) is 17.2 Å². The van der Waals surface area contributed by atoms with Gasteiger partial charge in [0.15, 0.2) is 17.7 Å². The highest BCUT2D eigenvalue weighted by Gasteiger charge is 2.40. The highest BCUT2D eigenvalue weighted by molar-refractivity contribution is 7.09. The van der Waals surface area contributed by atoms with Gasteiger partial charge in [-0.2, -0.15) is 4.73 Å². The summed E-state index contributed by atoms with van der Waals surface area (Å²) >= 11 is 1.69. The summed E-state index contributed by atoms with van der Waals surface area (Å²) in [5.41, 5.74) is 4.17. The van der Waals surface area contributed by atoms with E-state index in [0.29, 0.717) is 30.4 Å². The van der Waals surface area contributed by atoms with Gasteiger partial charge in [0.25, 0.3) is 5.91 Å². The predicted octanol–water partition coefficient (Wildman–Crippen LogP) is 4.60. The molecule has 6 rings (SSSR count). The highest BCUT2D eigenvalue weighted by atomic mass is 32.1. The van der Waals surface area contributed by atoms with Gasteiger partial charge >= 0.3 is 0 Å². The minimum absolute atomic E-state index is 0.0254. The van der Waals surface area contributed by atoms with Crippen molar-refractivity contribution in [3.63, 3.8) is 0 Å². The Kier molecular flexibility index (Phi) is 7.54. The van der Waals surface area contributed by atoms with Gasteiger partial charge in [0.2, 0.25) is 12.5 Å². The van der Waals surface area contributed by atoms with Crippen molar-refractivity contribution in [3.8, 4) is 11.5 Å². The van der Waals surface area contributed by atoms with Crippen molar-refractivity contribution in [2.45, 2.75) is 71.5 Å². The number of aryl methyl sites for hydroxylation is 2. The molecule has 10 heteroatoms. The smallest absolute Gasteiger partial charge is 0.260 e. The SMILES string of the molecule is Cc1nc(CN(c2ccc3c(c2)OCO3)C2CCN(C3(C)CCN(C(=O)c4c(C)cc[n+]([O-])c4C)CC3)CC2)cs1. The molecular weight excluding hydrogens is 538 g/mol. The lowest BCUT2D eigenvalue weighted by Gasteiger charge is -2.50. The summed E-state index contributed by atoms with van der Waals surface area (Å²) in [6.07, 6.45) is 5.44. The van der Waals surface area contributed by atoms with E-state index in [0.717, 1.165) is 83.5 Å². The number of ether oxygens (including phenoxy) is 2. The van der Waals surface area contributed by atoms with E-state index in [9.17, 15) is 10.0 Å². The van der Waals surface area contributed by atoms with Crippen molar-refractivity contribution < 1.29 is 19.0 Å². The lowest BCUT2D eigenvalue weighted by atomic mass is 9.85. The number of benzene rings is 1. The number of pyridine rings is 1. The van der Waals surface area contributed by atoms with Crippen molar-refractivity contribution in [2.75, 3.05) is 37.9 Å². The summed E-state index contributed by atoms with van der Waals surface area (Å²) in [5.74, 6) is 1.58. The molecule has 41 heavy (non-hydrogen) atoms. The molecule has 1 amide bonds. The topological polar surface area (TPSA) is 85.1 Å². The van der Waals surface area contributed by atoms with Crippen molar-refractivity contribution in [1.82, 2.24) is 14.8 Å². The van der Waals surface area contributed by atoms with Crippen LogP contribution in [-0.4, -0.2) is 65.2 Å². The van der Waals surface area contributed by atoms with Gasteiger partial charge in [0, 0.05) is 67.9 Å². The number of fused-ring (bicyclic) bond motifs is 1. The fourth-order valence-electron chi connectivity index (χ4n) is 6.63. The number of anilines is 1. The van der Waals surface area contributed by atoms with Crippen LogP contribution in [0.4, 0.5) is 5.69 Å². The van der Waals surface area contributed by atoms with Gasteiger partial charge in [-0.15, -0.1) is 11.3 Å². The zero-order valence-electron chi connectivity index (χ0n) is 24.4. The summed E-state index contributed by atoms with van der Waals surface area (Å²) in [6, 6.07) is 8.37. The van der Waals surface area contributed by atoms with Crippen molar-refractivity contribution in [2.24, 2.45) is 0 Å². The summed E-state index contributed by atoms with van der Waals surface area (Å²) in [5, 5.41) is 15.4. The molecule has 5 heterocycles. The van der Waals surface area contributed by atoms with Gasteiger partial charge in [-0.3, -0.25) is 9.69 Å². The third-order valence-electron chi connectivity index (χ3n) is 9.24. The van der Waals surface area contributed by atoms with Crippen LogP contribution < -0.4 is 19.1 Å². The average molecular weight is 578 g/mol. The third kappa shape index (κ3) is 5.47. The molecule has 3 aliphatic rings. The van der Waals surface area contributed by atoms with Crippen LogP contribution in [0.3, 0.4) is 0 Å². The van der Waals surface area contributed by atoms with Crippen LogP contribution in [0.5, 0.6) is 11.5 Å². The molecule has 3 aliphatic heterocycles. The standard InChI is InChI=1S/C31H39N5O4S/c1-21-7-14-36(38)22(2)29(21)30(37)33-15-10-31(4,11-16-33)34-12-8-25(9-13-34)35(18-24-19-41-23(3)32-24)26-5-6-27-28(17-26)40-20-39-27/h5-7,14,17,19,25H,8-13,15-16,18,20H2,1-4H3. The number of likely N-dealkylation sites (tertiary alicyclic amines) is 2. The van der Waals surface area contributed by atoms with E-state index in [1.165, 1.54) is 6.20 Å². The molecule has 2 saturated heterocycles. The van der Waals surface area contributed by atoms with Gasteiger partial charge in [0.1, 0.15) is 5.56 Å². The zero-order valence-corrected chi connectivity index (χ0v) is 25.2. The maximum Gasteiger partial charge on any atom is 0.260 e. The van der Waals surface area contributed by atoms with Gasteiger partial charge in [-0.05, 0) is 64.2 Å². The zero-order chi connectivity index (χ0) is 28.7. The fourth-order valence-corrected chi connectivity index (χ4v) is 7.23. The van der Waals surface area contributed by atoms with Crippen molar-refractivity contribution in [3.05, 3.63) is 68.6 Å². The molecule has 0 bridgehead atoms. The molecule has 0 saturated carbocycles. The summed E-state index contributed by atoms with van der Waals surface area (Å²) in [6.45, 7) is 12.5. The normalized spacial score (nSPS) is 19.0. The second kappa shape index (κ2) is 11.1. The van der Waals surface area contributed by atoms with E-state index in [1.54, 1.807) is 24.3 Å². The fraction of sp³-hybridized carbons (Fsp3) is 0.516. The van der Waals surface area contributed by atoms with E-state index in [4.69, 9.17) is 14.5 Å². The van der Waals surface area contributed by atoms with E-state index in [2.05, 4.69) is 41.2 Å². The van der Waals surface area contributed by atoms with Gasteiger partial charge in [-0.25, -0.2) is 4.98 Å². The Balaban J connectivity index is 1.12. The van der Waals surface area contributed by atoms with Crippen LogP contribution in [0, 0.1) is 26.0 Å². The summed E-state index contributed by atoms with van der Waals surface area (Å²) in [7, 11) is 0.